The average Bonchev–Trinajstić information content (AvgIpc) is 3.79. The molecule has 1 saturated carbocycles. The molecule has 0 radical (unpaired) electrons. The van der Waals surface area contributed by atoms with Crippen molar-refractivity contribution in [3.8, 4) is 28.3 Å². The quantitative estimate of drug-likeness (QED) is 0.297. The Morgan fingerprint density at radius 3 is 2.53 bits per heavy atom. The first-order chi connectivity index (χ1) is 19.6. The van der Waals surface area contributed by atoms with Crippen molar-refractivity contribution in [2.45, 2.75) is 12.8 Å². The van der Waals surface area contributed by atoms with Crippen LogP contribution in [-0.2, 0) is 4.79 Å². The molecule has 10 nitrogen and oxygen atoms in total. The van der Waals surface area contributed by atoms with Gasteiger partial charge in [-0.2, -0.15) is 4.39 Å². The third-order valence-corrected chi connectivity index (χ3v) is 5.91. The molecule has 3 heterocycles. The van der Waals surface area contributed by atoms with E-state index in [4.69, 9.17) is 8.85 Å². The van der Waals surface area contributed by atoms with E-state index in [0.29, 0.717) is 22.6 Å². The Morgan fingerprint density at radius 1 is 1.03 bits per heavy atom. The first-order valence-corrected chi connectivity index (χ1v) is 11.6. The number of hydrogen-bond donors (Lipinski definition) is 3. The number of halogens is 1. The van der Waals surface area contributed by atoms with E-state index in [1.165, 1.54) is 38.0 Å². The van der Waals surface area contributed by atoms with Gasteiger partial charge in [-0.1, -0.05) is 6.07 Å². The van der Waals surface area contributed by atoms with Crippen LogP contribution >= 0.6 is 0 Å². The van der Waals surface area contributed by atoms with Gasteiger partial charge in [-0.05, 0) is 37.1 Å². The highest BCUT2D eigenvalue weighted by molar-refractivity contribution is 6.01. The molecule has 0 unspecified atom stereocenters. The lowest BCUT2D eigenvalue weighted by Gasteiger charge is -2.17. The normalized spacial score (nSPS) is 14.0. The lowest BCUT2D eigenvalue weighted by molar-refractivity contribution is -0.117. The molecule has 192 valence electrons. The second kappa shape index (κ2) is 10.6. The second-order valence-corrected chi connectivity index (χ2v) is 8.48. The molecule has 0 bridgehead atoms. The number of aromatic nitrogens is 4. The molecule has 0 spiro atoms. The third-order valence-electron chi connectivity index (χ3n) is 5.91. The zero-order chi connectivity index (χ0) is 29.1. The summed E-state index contributed by atoms with van der Waals surface area (Å²) in [5.74, 6) is -1.01. The number of rotatable bonds is 8. The largest absolute Gasteiger partial charge is 0.494 e. The minimum atomic E-state index is -2.73. The summed E-state index contributed by atoms with van der Waals surface area (Å²) in [7, 11) is 1.44. The van der Waals surface area contributed by atoms with Crippen molar-refractivity contribution in [2.24, 2.45) is 5.92 Å². The predicted molar refractivity (Wildman–Crippen MR) is 139 cm³/mol. The molecule has 38 heavy (non-hydrogen) atoms. The molecule has 1 fully saturated rings. The van der Waals surface area contributed by atoms with E-state index >= 15 is 0 Å². The molecule has 0 saturated heterocycles. The van der Waals surface area contributed by atoms with E-state index in [2.05, 4.69) is 30.6 Å². The number of hydrogen-bond acceptors (Lipinski definition) is 8. The van der Waals surface area contributed by atoms with Crippen molar-refractivity contribution in [1.82, 2.24) is 25.3 Å². The molecule has 1 aliphatic rings. The summed E-state index contributed by atoms with van der Waals surface area (Å²) >= 11 is 0. The monoisotopic (exact) mass is 516 g/mol. The minimum absolute atomic E-state index is 0.0721. The van der Waals surface area contributed by atoms with Crippen LogP contribution in [-0.4, -0.2) is 45.8 Å². The van der Waals surface area contributed by atoms with Crippen molar-refractivity contribution in [1.29, 1.82) is 0 Å². The molecule has 2 amide bonds. The molecule has 0 aliphatic heterocycles. The summed E-state index contributed by atoms with van der Waals surface area (Å²) in [5.41, 5.74) is 1.68. The van der Waals surface area contributed by atoms with Gasteiger partial charge in [0.05, 0.1) is 29.6 Å². The number of ether oxygens (including phenoxy) is 1. The maximum Gasteiger partial charge on any atom is 0.254 e. The number of carbonyl (C=O) groups excluding carboxylic acids is 2. The first-order valence-electron chi connectivity index (χ1n) is 13.1. The van der Waals surface area contributed by atoms with Crippen LogP contribution in [0.2, 0.25) is 0 Å². The Labute approximate surface area is 221 Å². The fraction of sp³-hybridized carbons (Fsp3) is 0.185. The summed E-state index contributed by atoms with van der Waals surface area (Å²) in [6.07, 6.45) is 7.05. The van der Waals surface area contributed by atoms with Crippen molar-refractivity contribution in [3.63, 3.8) is 0 Å². The summed E-state index contributed by atoms with van der Waals surface area (Å²) in [6, 6.07) is 9.72. The molecule has 1 aliphatic carbocycles. The zero-order valence-corrected chi connectivity index (χ0v) is 20.2. The number of nitrogens with one attached hydrogen (secondary N) is 3. The third kappa shape index (κ3) is 5.12. The number of amides is 2. The fourth-order valence-electron chi connectivity index (χ4n) is 3.83. The maximum absolute atomic E-state index is 14.1. The van der Waals surface area contributed by atoms with Gasteiger partial charge >= 0.3 is 0 Å². The van der Waals surface area contributed by atoms with Crippen LogP contribution in [0.4, 0.5) is 21.6 Å². The molecule has 4 aromatic rings. The van der Waals surface area contributed by atoms with E-state index in [1.807, 2.05) is 5.32 Å². The lowest BCUT2D eigenvalue weighted by Crippen LogP contribution is -2.20. The number of anilines is 3. The Balaban J connectivity index is 1.49. The van der Waals surface area contributed by atoms with Gasteiger partial charge in [-0.25, -0.2) is 19.9 Å². The van der Waals surface area contributed by atoms with Gasteiger partial charge in [0.2, 0.25) is 11.9 Å². The lowest BCUT2D eigenvalue weighted by atomic mass is 10.1. The molecular weight excluding hydrogens is 489 g/mol. The molecule has 1 aromatic carbocycles. The van der Waals surface area contributed by atoms with E-state index in [-0.39, 0.29) is 40.3 Å². The van der Waals surface area contributed by atoms with Crippen molar-refractivity contribution < 1.29 is 22.8 Å². The molecule has 3 N–H and O–H groups in total. The van der Waals surface area contributed by atoms with Crippen LogP contribution in [0.3, 0.4) is 0 Å². The molecule has 11 heteroatoms. The second-order valence-electron chi connectivity index (χ2n) is 8.48. The van der Waals surface area contributed by atoms with Gasteiger partial charge in [-0.3, -0.25) is 9.59 Å². The highest BCUT2D eigenvalue weighted by Gasteiger charge is 2.30. The number of nitrogens with zero attached hydrogens (tertiary/aromatic N) is 4. The van der Waals surface area contributed by atoms with Crippen LogP contribution in [0.25, 0.3) is 22.5 Å². The van der Waals surface area contributed by atoms with Crippen molar-refractivity contribution >= 4 is 29.0 Å². The molecule has 0 atom stereocenters. The van der Waals surface area contributed by atoms with Crippen molar-refractivity contribution in [3.05, 3.63) is 72.7 Å². The van der Waals surface area contributed by atoms with Crippen molar-refractivity contribution in [2.75, 3.05) is 24.7 Å². The standard InChI is InChI=1S/C27H24FN7O3/c1-29-27(37)19-14-31-22(35-26(36)15-8-9-15)11-21(19)34-20-7-3-5-18(23(20)38-2)25-32-12-16(13-33-25)17-6-4-10-30-24(17)28/h3-7,10-15H,8-9H2,1-2H3,(H,29,37)(H2,31,34,35,36)/i1D3. The Hall–Kier alpha value is -4.93. The molecular formula is C27H24FN7O3. The summed E-state index contributed by atoms with van der Waals surface area (Å²) < 4.78 is 42.0. The number of carbonyl (C=O) groups is 2. The highest BCUT2D eigenvalue weighted by atomic mass is 19.1. The van der Waals surface area contributed by atoms with E-state index < -0.39 is 18.8 Å². The van der Waals surface area contributed by atoms with Crippen LogP contribution in [0.1, 0.15) is 27.3 Å². The fourth-order valence-corrected chi connectivity index (χ4v) is 3.83. The number of para-hydroxylation sites is 1. The highest BCUT2D eigenvalue weighted by Crippen LogP contribution is 2.38. The van der Waals surface area contributed by atoms with E-state index in [9.17, 15) is 14.0 Å². The summed E-state index contributed by atoms with van der Waals surface area (Å²) in [6.45, 7) is -2.73. The van der Waals surface area contributed by atoms with E-state index in [1.54, 1.807) is 30.3 Å². The Kier molecular flexibility index (Phi) is 5.90. The molecule has 3 aromatic heterocycles. The zero-order valence-electron chi connectivity index (χ0n) is 23.2. The summed E-state index contributed by atoms with van der Waals surface area (Å²) in [5, 5.41) is 7.77. The van der Waals surface area contributed by atoms with Crippen LogP contribution in [0.5, 0.6) is 5.75 Å². The Bertz CT molecular complexity index is 1610. The van der Waals surface area contributed by atoms with Gasteiger partial charge < -0.3 is 20.7 Å². The van der Waals surface area contributed by atoms with Crippen LogP contribution in [0.15, 0.2) is 61.2 Å². The smallest absolute Gasteiger partial charge is 0.254 e. The topological polar surface area (TPSA) is 131 Å². The number of methoxy groups -OCH3 is 1. The van der Waals surface area contributed by atoms with Gasteiger partial charge in [-0.15, -0.1) is 0 Å². The van der Waals surface area contributed by atoms with Gasteiger partial charge in [0.25, 0.3) is 5.91 Å². The SMILES string of the molecule is [2H]C([2H])([2H])NC(=O)c1cnc(NC(=O)C2CC2)cc1Nc1cccc(-c2ncc(-c3cccnc3F)cn2)c1OC. The predicted octanol–water partition coefficient (Wildman–Crippen LogP) is 4.20. The van der Waals surface area contributed by atoms with Gasteiger partial charge in [0.1, 0.15) is 5.82 Å². The average molecular weight is 517 g/mol. The Morgan fingerprint density at radius 2 is 1.82 bits per heavy atom. The minimum Gasteiger partial charge on any atom is -0.494 e. The van der Waals surface area contributed by atoms with E-state index in [0.717, 1.165) is 12.8 Å². The van der Waals surface area contributed by atoms with Crippen LogP contribution < -0.4 is 20.7 Å². The van der Waals surface area contributed by atoms with Gasteiger partial charge in [0, 0.05) is 59.0 Å². The van der Waals surface area contributed by atoms with Gasteiger partial charge in [0.15, 0.2) is 11.6 Å². The van der Waals surface area contributed by atoms with Crippen LogP contribution in [0, 0.1) is 11.9 Å². The maximum atomic E-state index is 14.1. The first kappa shape index (κ1) is 21.2. The molecule has 5 rings (SSSR count). The number of pyridine rings is 2. The summed E-state index contributed by atoms with van der Waals surface area (Å²) in [4.78, 5) is 41.7. The number of benzene rings is 1.